The van der Waals surface area contributed by atoms with Crippen LogP contribution in [0.5, 0.6) is 5.88 Å². The number of pyridine rings is 1. The van der Waals surface area contributed by atoms with Gasteiger partial charge in [0.25, 0.3) is 0 Å². The number of hydrogen-bond donors (Lipinski definition) is 1. The molecular weight excluding hydrogens is 393 g/mol. The molecule has 2 N–H and O–H groups in total. The summed E-state index contributed by atoms with van der Waals surface area (Å²) in [4.78, 5) is 11.5. The van der Waals surface area contributed by atoms with Gasteiger partial charge in [-0.2, -0.15) is 13.2 Å². The predicted octanol–water partition coefficient (Wildman–Crippen LogP) is 5.18. The number of nitrogen functional groups attached to an aromatic ring is 1. The number of nitrogens with zero attached hydrogens (tertiary/aromatic N) is 3. The molecule has 30 heavy (non-hydrogen) atoms. The van der Waals surface area contributed by atoms with Crippen LogP contribution in [0.1, 0.15) is 16.8 Å². The minimum atomic E-state index is -4.59. The van der Waals surface area contributed by atoms with Crippen LogP contribution in [0.2, 0.25) is 0 Å². The Morgan fingerprint density at radius 2 is 1.73 bits per heavy atom. The minimum absolute atomic E-state index is 0.0956. The molecule has 4 aromatic rings. The Hall–Kier alpha value is -3.68. The van der Waals surface area contributed by atoms with Crippen molar-refractivity contribution in [3.05, 3.63) is 77.7 Å². The molecule has 0 atom stereocenters. The number of nitrogens with two attached hydrogens (primary N) is 1. The summed E-state index contributed by atoms with van der Waals surface area (Å²) < 4.78 is 44.4. The van der Waals surface area contributed by atoms with Crippen molar-refractivity contribution < 1.29 is 17.9 Å². The van der Waals surface area contributed by atoms with E-state index in [0.29, 0.717) is 5.56 Å². The number of para-hydroxylation sites is 1. The van der Waals surface area contributed by atoms with Crippen LogP contribution in [-0.2, 0) is 12.8 Å². The summed E-state index contributed by atoms with van der Waals surface area (Å²) in [6.07, 6.45) is -3.76. The number of hydrogen-bond acceptors (Lipinski definition) is 5. The number of rotatable bonds is 4. The van der Waals surface area contributed by atoms with Gasteiger partial charge in [-0.15, -0.1) is 0 Å². The fraction of sp³-hybridized carbons (Fsp3) is 0.136. The highest BCUT2D eigenvalue weighted by Crippen LogP contribution is 2.36. The van der Waals surface area contributed by atoms with Gasteiger partial charge in [-0.3, -0.25) is 0 Å². The quantitative estimate of drug-likeness (QED) is 0.502. The lowest BCUT2D eigenvalue weighted by Gasteiger charge is -2.17. The van der Waals surface area contributed by atoms with Crippen molar-refractivity contribution in [2.24, 2.45) is 0 Å². The number of ether oxygens (including phenoxy) is 1. The molecule has 2 aromatic carbocycles. The van der Waals surface area contributed by atoms with Crippen LogP contribution in [0.3, 0.4) is 0 Å². The third-order valence-corrected chi connectivity index (χ3v) is 4.74. The van der Waals surface area contributed by atoms with Gasteiger partial charge in [0.1, 0.15) is 18.8 Å². The second-order valence-electron chi connectivity index (χ2n) is 6.71. The number of anilines is 1. The van der Waals surface area contributed by atoms with Crippen molar-refractivity contribution in [2.75, 3.05) is 5.73 Å². The standard InChI is InChI=1S/C22H17F3N4O/c1-13-6-2-3-7-14(13)20-15-8-4-5-9-17(15)29-21(26)16(20)11-30-19-10-18(22(23,24)25)27-12-28-19/h2-10,12H,11H2,1H3,(H2,26,29). The Balaban J connectivity index is 1.81. The van der Waals surface area contributed by atoms with E-state index >= 15 is 0 Å². The molecule has 0 spiro atoms. The number of benzene rings is 2. The van der Waals surface area contributed by atoms with Crippen molar-refractivity contribution in [3.8, 4) is 17.0 Å². The first-order chi connectivity index (χ1) is 14.3. The summed E-state index contributed by atoms with van der Waals surface area (Å²) in [6.45, 7) is 1.88. The van der Waals surface area contributed by atoms with E-state index in [4.69, 9.17) is 10.5 Å². The summed E-state index contributed by atoms with van der Waals surface area (Å²) in [5, 5.41) is 0.873. The molecule has 4 rings (SSSR count). The van der Waals surface area contributed by atoms with Crippen LogP contribution >= 0.6 is 0 Å². The maximum Gasteiger partial charge on any atom is 0.433 e. The van der Waals surface area contributed by atoms with Crippen molar-refractivity contribution >= 4 is 16.7 Å². The third kappa shape index (κ3) is 3.76. The average Bonchev–Trinajstić information content (AvgIpc) is 2.72. The normalized spacial score (nSPS) is 11.6. The van der Waals surface area contributed by atoms with E-state index in [1.54, 1.807) is 0 Å². The van der Waals surface area contributed by atoms with Gasteiger partial charge in [-0.1, -0.05) is 42.5 Å². The first kappa shape index (κ1) is 19.6. The van der Waals surface area contributed by atoms with Gasteiger partial charge >= 0.3 is 6.18 Å². The van der Waals surface area contributed by atoms with Gasteiger partial charge in [0, 0.05) is 22.6 Å². The van der Waals surface area contributed by atoms with Crippen molar-refractivity contribution in [3.63, 3.8) is 0 Å². The highest BCUT2D eigenvalue weighted by molar-refractivity contribution is 5.98. The van der Waals surface area contributed by atoms with Gasteiger partial charge in [0.15, 0.2) is 5.69 Å². The van der Waals surface area contributed by atoms with E-state index in [2.05, 4.69) is 15.0 Å². The fourth-order valence-electron chi connectivity index (χ4n) is 3.30. The molecule has 5 nitrogen and oxygen atoms in total. The summed E-state index contributed by atoms with van der Waals surface area (Å²) in [5.74, 6) is 0.0534. The molecule has 152 valence electrons. The van der Waals surface area contributed by atoms with Gasteiger partial charge in [-0.25, -0.2) is 15.0 Å². The zero-order valence-electron chi connectivity index (χ0n) is 15.9. The molecule has 8 heteroatoms. The summed E-state index contributed by atoms with van der Waals surface area (Å²) >= 11 is 0. The predicted molar refractivity (Wildman–Crippen MR) is 108 cm³/mol. The van der Waals surface area contributed by atoms with Crippen LogP contribution in [0, 0.1) is 6.92 Å². The number of alkyl halides is 3. The maximum atomic E-state index is 12.9. The second kappa shape index (κ2) is 7.62. The zero-order valence-corrected chi connectivity index (χ0v) is 15.9. The van der Waals surface area contributed by atoms with E-state index in [1.165, 1.54) is 0 Å². The van der Waals surface area contributed by atoms with E-state index in [9.17, 15) is 13.2 Å². The Morgan fingerprint density at radius 3 is 2.50 bits per heavy atom. The van der Waals surface area contributed by atoms with Crippen molar-refractivity contribution in [2.45, 2.75) is 19.7 Å². The average molecular weight is 410 g/mol. The largest absolute Gasteiger partial charge is 0.473 e. The molecule has 2 aromatic heterocycles. The molecule has 2 heterocycles. The molecule has 0 fully saturated rings. The van der Waals surface area contributed by atoms with Gasteiger partial charge in [0.05, 0.1) is 5.52 Å². The molecule has 0 saturated carbocycles. The Morgan fingerprint density at radius 1 is 1.00 bits per heavy atom. The molecule has 0 unspecified atom stereocenters. The first-order valence-electron chi connectivity index (χ1n) is 9.09. The van der Waals surface area contributed by atoms with E-state index < -0.39 is 11.9 Å². The van der Waals surface area contributed by atoms with Crippen LogP contribution < -0.4 is 10.5 Å². The van der Waals surface area contributed by atoms with Crippen LogP contribution in [0.4, 0.5) is 19.0 Å². The van der Waals surface area contributed by atoms with Crippen molar-refractivity contribution in [1.82, 2.24) is 15.0 Å². The fourth-order valence-corrected chi connectivity index (χ4v) is 3.30. The monoisotopic (exact) mass is 410 g/mol. The van der Waals surface area contributed by atoms with E-state index in [-0.39, 0.29) is 18.3 Å². The molecule has 0 radical (unpaired) electrons. The molecule has 0 aliphatic rings. The molecule has 0 aliphatic carbocycles. The molecule has 0 saturated heterocycles. The molecule has 0 amide bonds. The SMILES string of the molecule is Cc1ccccc1-c1c(COc2cc(C(F)(F)F)ncn2)c(N)nc2ccccc12. The molecular formula is C22H17F3N4O. The first-order valence-corrected chi connectivity index (χ1v) is 9.09. The molecule has 0 aliphatic heterocycles. The van der Waals surface area contributed by atoms with Crippen molar-refractivity contribution in [1.29, 1.82) is 0 Å². The number of aromatic nitrogens is 3. The smallest absolute Gasteiger partial charge is 0.433 e. The highest BCUT2D eigenvalue weighted by Gasteiger charge is 2.33. The van der Waals surface area contributed by atoms with Crippen LogP contribution in [0.15, 0.2) is 60.9 Å². The molecule has 0 bridgehead atoms. The van der Waals surface area contributed by atoms with Crippen LogP contribution in [0.25, 0.3) is 22.0 Å². The lowest BCUT2D eigenvalue weighted by atomic mass is 9.93. The van der Waals surface area contributed by atoms with Gasteiger partial charge in [0.2, 0.25) is 5.88 Å². The Kier molecular flexibility index (Phi) is 4.99. The lowest BCUT2D eigenvalue weighted by Crippen LogP contribution is -2.10. The maximum absolute atomic E-state index is 12.9. The summed E-state index contributed by atoms with van der Waals surface area (Å²) in [7, 11) is 0. The van der Waals surface area contributed by atoms with Crippen LogP contribution in [-0.4, -0.2) is 15.0 Å². The minimum Gasteiger partial charge on any atom is -0.473 e. The third-order valence-electron chi connectivity index (χ3n) is 4.74. The second-order valence-corrected chi connectivity index (χ2v) is 6.71. The highest BCUT2D eigenvalue weighted by atomic mass is 19.4. The van der Waals surface area contributed by atoms with Gasteiger partial charge in [-0.05, 0) is 24.1 Å². The van der Waals surface area contributed by atoms with E-state index in [1.807, 2.05) is 55.5 Å². The van der Waals surface area contributed by atoms with E-state index in [0.717, 1.165) is 40.0 Å². The Bertz CT molecular complexity index is 1220. The summed E-state index contributed by atoms with van der Waals surface area (Å²) in [6, 6.07) is 16.1. The Labute approximate surface area is 170 Å². The number of halogens is 3. The van der Waals surface area contributed by atoms with Gasteiger partial charge < -0.3 is 10.5 Å². The zero-order chi connectivity index (χ0) is 21.3. The summed E-state index contributed by atoms with van der Waals surface area (Å²) in [5.41, 5.74) is 9.26. The lowest BCUT2D eigenvalue weighted by molar-refractivity contribution is -0.141. The number of aryl methyl sites for hydroxylation is 1. The topological polar surface area (TPSA) is 73.9 Å². The number of fused-ring (bicyclic) bond motifs is 1.